The van der Waals surface area contributed by atoms with Crippen LogP contribution < -0.4 is 4.74 Å². The summed E-state index contributed by atoms with van der Waals surface area (Å²) in [6, 6.07) is 17.1. The van der Waals surface area contributed by atoms with Crippen molar-refractivity contribution in [3.05, 3.63) is 71.9 Å². The van der Waals surface area contributed by atoms with E-state index in [4.69, 9.17) is 14.2 Å². The second-order valence-electron chi connectivity index (χ2n) is 7.18. The molecule has 0 aliphatic carbocycles. The Bertz CT molecular complexity index is 1040. The first-order chi connectivity index (χ1) is 14.5. The van der Waals surface area contributed by atoms with Crippen LogP contribution in [-0.4, -0.2) is 41.0 Å². The van der Waals surface area contributed by atoms with Crippen molar-refractivity contribution in [1.29, 1.82) is 0 Å². The monoisotopic (exact) mass is 406 g/mol. The van der Waals surface area contributed by atoms with E-state index < -0.39 is 18.0 Å². The number of ether oxygens (including phenoxy) is 3. The van der Waals surface area contributed by atoms with Gasteiger partial charge in [-0.05, 0) is 36.8 Å². The summed E-state index contributed by atoms with van der Waals surface area (Å²) in [7, 11) is 1.59. The van der Waals surface area contributed by atoms with Crippen molar-refractivity contribution >= 4 is 11.9 Å². The quantitative estimate of drug-likeness (QED) is 0.583. The van der Waals surface area contributed by atoms with E-state index in [2.05, 4.69) is 5.10 Å². The molecule has 4 rings (SSSR count). The molecule has 2 aromatic carbocycles. The van der Waals surface area contributed by atoms with E-state index in [1.54, 1.807) is 37.0 Å². The molecule has 0 radical (unpaired) electrons. The first kappa shape index (κ1) is 19.7. The van der Waals surface area contributed by atoms with Crippen LogP contribution in [0.15, 0.2) is 60.8 Å². The predicted octanol–water partition coefficient (Wildman–Crippen LogP) is 3.47. The summed E-state index contributed by atoms with van der Waals surface area (Å²) in [5, 5.41) is 4.62. The molecule has 2 atom stereocenters. The molecule has 1 fully saturated rings. The fraction of sp³-hybridized carbons (Fsp3) is 0.261. The van der Waals surface area contributed by atoms with E-state index in [1.807, 2.05) is 42.5 Å². The van der Waals surface area contributed by atoms with E-state index in [1.165, 1.54) is 0 Å². The van der Waals surface area contributed by atoms with Crippen LogP contribution in [0.1, 0.15) is 29.3 Å². The molecule has 1 saturated heterocycles. The van der Waals surface area contributed by atoms with Crippen LogP contribution in [0, 0.1) is 0 Å². The van der Waals surface area contributed by atoms with Crippen LogP contribution in [0.2, 0.25) is 0 Å². The number of rotatable bonds is 6. The van der Waals surface area contributed by atoms with E-state index in [9.17, 15) is 9.59 Å². The Morgan fingerprint density at radius 3 is 2.53 bits per heavy atom. The largest absolute Gasteiger partial charge is 0.497 e. The lowest BCUT2D eigenvalue weighted by Gasteiger charge is -2.08. The molecule has 0 unspecified atom stereocenters. The molecule has 0 bridgehead atoms. The van der Waals surface area contributed by atoms with Crippen molar-refractivity contribution in [3.63, 3.8) is 0 Å². The molecule has 7 heteroatoms. The van der Waals surface area contributed by atoms with Crippen molar-refractivity contribution < 1.29 is 23.8 Å². The third-order valence-electron chi connectivity index (χ3n) is 4.91. The first-order valence-corrected chi connectivity index (χ1v) is 9.71. The van der Waals surface area contributed by atoms with Gasteiger partial charge in [0.05, 0.1) is 13.7 Å². The molecule has 1 aromatic heterocycles. The molecule has 0 spiro atoms. The predicted molar refractivity (Wildman–Crippen MR) is 109 cm³/mol. The number of benzene rings is 2. The number of carbonyl (C=O) groups is 2. The van der Waals surface area contributed by atoms with Crippen LogP contribution >= 0.6 is 0 Å². The van der Waals surface area contributed by atoms with Crippen molar-refractivity contribution in [3.8, 4) is 17.0 Å². The number of hydrogen-bond acceptors (Lipinski definition) is 6. The summed E-state index contributed by atoms with van der Waals surface area (Å²) in [4.78, 5) is 24.8. The molecule has 154 valence electrons. The van der Waals surface area contributed by atoms with Crippen molar-refractivity contribution in [2.45, 2.75) is 32.1 Å². The average Bonchev–Trinajstić information content (AvgIpc) is 3.31. The van der Waals surface area contributed by atoms with Gasteiger partial charge in [-0.2, -0.15) is 5.10 Å². The maximum Gasteiger partial charge on any atom is 0.347 e. The van der Waals surface area contributed by atoms with Crippen LogP contribution in [0.4, 0.5) is 0 Å². The lowest BCUT2D eigenvalue weighted by molar-refractivity contribution is -0.147. The number of carbonyl (C=O) groups excluding carboxylic acids is 2. The van der Waals surface area contributed by atoms with E-state index in [-0.39, 0.29) is 6.10 Å². The molecule has 30 heavy (non-hydrogen) atoms. The molecule has 1 aliphatic heterocycles. The van der Waals surface area contributed by atoms with Crippen molar-refractivity contribution in [1.82, 2.24) is 9.78 Å². The zero-order chi connectivity index (χ0) is 21.1. The Hall–Kier alpha value is -3.61. The Labute approximate surface area is 174 Å². The highest BCUT2D eigenvalue weighted by atomic mass is 16.6. The first-order valence-electron chi connectivity index (χ1n) is 9.71. The van der Waals surface area contributed by atoms with Gasteiger partial charge >= 0.3 is 11.9 Å². The van der Waals surface area contributed by atoms with Gasteiger partial charge in [-0.3, -0.25) is 4.68 Å². The SMILES string of the molecule is COc1ccc(-c2nn(Cc3ccccc3)cc2C(=O)O[C@H]2C[C@@H](C)OC2=O)cc1. The molecule has 1 aliphatic rings. The van der Waals surface area contributed by atoms with Gasteiger partial charge in [0.15, 0.2) is 0 Å². The summed E-state index contributed by atoms with van der Waals surface area (Å²) >= 11 is 0. The minimum absolute atomic E-state index is 0.267. The highest BCUT2D eigenvalue weighted by Crippen LogP contribution is 2.27. The highest BCUT2D eigenvalue weighted by molar-refractivity contribution is 5.97. The third-order valence-corrected chi connectivity index (χ3v) is 4.91. The number of hydrogen-bond donors (Lipinski definition) is 0. The minimum atomic E-state index is -0.895. The van der Waals surface area contributed by atoms with Gasteiger partial charge in [-0.15, -0.1) is 0 Å². The van der Waals surface area contributed by atoms with Crippen LogP contribution in [0.3, 0.4) is 0 Å². The van der Waals surface area contributed by atoms with Crippen LogP contribution in [0.5, 0.6) is 5.75 Å². The van der Waals surface area contributed by atoms with Gasteiger partial charge in [0, 0.05) is 18.2 Å². The summed E-state index contributed by atoms with van der Waals surface area (Å²) in [5.41, 5.74) is 2.58. The number of methoxy groups -OCH3 is 1. The van der Waals surface area contributed by atoms with Gasteiger partial charge < -0.3 is 14.2 Å². The molecule has 7 nitrogen and oxygen atoms in total. The van der Waals surface area contributed by atoms with Gasteiger partial charge in [0.1, 0.15) is 23.1 Å². The lowest BCUT2D eigenvalue weighted by Crippen LogP contribution is -2.22. The summed E-state index contributed by atoms with van der Waals surface area (Å²) in [5.74, 6) is -0.413. The smallest absolute Gasteiger partial charge is 0.347 e. The van der Waals surface area contributed by atoms with Gasteiger partial charge in [-0.1, -0.05) is 30.3 Å². The van der Waals surface area contributed by atoms with E-state index >= 15 is 0 Å². The number of aromatic nitrogens is 2. The Morgan fingerprint density at radius 1 is 1.17 bits per heavy atom. The van der Waals surface area contributed by atoms with Crippen molar-refractivity contribution in [2.75, 3.05) is 7.11 Å². The molecule has 3 aromatic rings. The Balaban J connectivity index is 1.65. The minimum Gasteiger partial charge on any atom is -0.497 e. The number of cyclic esters (lactones) is 1. The van der Waals surface area contributed by atoms with E-state index in [0.29, 0.717) is 30.0 Å². The zero-order valence-corrected chi connectivity index (χ0v) is 16.8. The van der Waals surface area contributed by atoms with Crippen LogP contribution in [0.25, 0.3) is 11.3 Å². The van der Waals surface area contributed by atoms with Gasteiger partial charge in [0.25, 0.3) is 0 Å². The second kappa shape index (κ2) is 8.41. The summed E-state index contributed by atoms with van der Waals surface area (Å²) < 4.78 is 17.4. The van der Waals surface area contributed by atoms with E-state index in [0.717, 1.165) is 11.1 Å². The maximum absolute atomic E-state index is 12.9. The lowest BCUT2D eigenvalue weighted by atomic mass is 10.1. The Kier molecular flexibility index (Phi) is 5.52. The van der Waals surface area contributed by atoms with Crippen LogP contribution in [-0.2, 0) is 20.8 Å². The fourth-order valence-electron chi connectivity index (χ4n) is 3.39. The molecular weight excluding hydrogens is 384 g/mol. The molecular formula is C23H22N2O5. The topological polar surface area (TPSA) is 79.7 Å². The van der Waals surface area contributed by atoms with Gasteiger partial charge in [-0.25, -0.2) is 9.59 Å². The fourth-order valence-corrected chi connectivity index (χ4v) is 3.39. The third kappa shape index (κ3) is 4.20. The highest BCUT2D eigenvalue weighted by Gasteiger charge is 2.36. The van der Waals surface area contributed by atoms with Gasteiger partial charge in [0.2, 0.25) is 6.10 Å². The molecule has 2 heterocycles. The summed E-state index contributed by atoms with van der Waals surface area (Å²) in [6.45, 7) is 2.27. The standard InChI is InChI=1S/C23H22N2O5/c1-15-12-20(23(27)29-15)30-22(26)19-14-25(13-16-6-4-3-5-7-16)24-21(19)17-8-10-18(28-2)11-9-17/h3-11,14-15,20H,12-13H2,1-2H3/t15-,20+/m1/s1. The maximum atomic E-state index is 12.9. The van der Waals surface area contributed by atoms with Crippen molar-refractivity contribution in [2.24, 2.45) is 0 Å². The molecule has 0 amide bonds. The average molecular weight is 406 g/mol. The summed E-state index contributed by atoms with van der Waals surface area (Å²) in [6.07, 6.45) is 0.838. The normalized spacial score (nSPS) is 18.1. The second-order valence-corrected chi connectivity index (χ2v) is 7.18. The molecule has 0 saturated carbocycles. The zero-order valence-electron chi connectivity index (χ0n) is 16.8. The molecule has 0 N–H and O–H groups in total. The number of nitrogens with zero attached hydrogens (tertiary/aromatic N) is 2. The Morgan fingerprint density at radius 2 is 1.90 bits per heavy atom. The number of esters is 2.